The standard InChI is InChI=1S/C26H30F3N3O2/c1-2-14-31-15-12-23(13-16-31)32(22-10-11-22)25(34)19-4-3-5-21(17-19)30-24(33)18-6-8-20(9-7-18)26(27,28)29/h3-9,17,22-23H,2,10-16H2,1H3,(H,30,33). The van der Waals surface area contributed by atoms with Crippen LogP contribution in [-0.4, -0.2) is 53.3 Å². The fraction of sp³-hybridized carbons (Fsp3) is 0.462. The third-order valence-corrected chi connectivity index (χ3v) is 6.51. The summed E-state index contributed by atoms with van der Waals surface area (Å²) in [5.74, 6) is -0.553. The van der Waals surface area contributed by atoms with Gasteiger partial charge in [0.1, 0.15) is 0 Å². The summed E-state index contributed by atoms with van der Waals surface area (Å²) in [7, 11) is 0. The van der Waals surface area contributed by atoms with Gasteiger partial charge in [0.15, 0.2) is 0 Å². The number of carbonyl (C=O) groups is 2. The van der Waals surface area contributed by atoms with Crippen LogP contribution in [0, 0.1) is 0 Å². The number of rotatable bonds is 7. The number of nitrogens with one attached hydrogen (secondary N) is 1. The third-order valence-electron chi connectivity index (χ3n) is 6.51. The number of carbonyl (C=O) groups excluding carboxylic acids is 2. The highest BCUT2D eigenvalue weighted by atomic mass is 19.4. The molecule has 1 heterocycles. The summed E-state index contributed by atoms with van der Waals surface area (Å²) in [6.07, 6.45) is 0.639. The molecule has 0 aromatic heterocycles. The lowest BCUT2D eigenvalue weighted by Gasteiger charge is -2.39. The molecule has 0 radical (unpaired) electrons. The molecule has 0 spiro atoms. The first-order valence-electron chi connectivity index (χ1n) is 11.9. The van der Waals surface area contributed by atoms with E-state index in [4.69, 9.17) is 0 Å². The molecule has 4 rings (SSSR count). The quantitative estimate of drug-likeness (QED) is 0.583. The van der Waals surface area contributed by atoms with Crippen molar-refractivity contribution in [2.75, 3.05) is 25.0 Å². The summed E-state index contributed by atoms with van der Waals surface area (Å²) in [6, 6.07) is 11.3. The summed E-state index contributed by atoms with van der Waals surface area (Å²) in [4.78, 5) is 30.5. The van der Waals surface area contributed by atoms with Gasteiger partial charge in [-0.15, -0.1) is 0 Å². The molecule has 8 heteroatoms. The number of likely N-dealkylation sites (tertiary alicyclic amines) is 1. The molecule has 2 amide bonds. The number of hydrogen-bond donors (Lipinski definition) is 1. The van der Waals surface area contributed by atoms with Gasteiger partial charge in [-0.1, -0.05) is 13.0 Å². The van der Waals surface area contributed by atoms with E-state index in [-0.39, 0.29) is 23.6 Å². The molecule has 5 nitrogen and oxygen atoms in total. The van der Waals surface area contributed by atoms with Crippen LogP contribution in [0.4, 0.5) is 18.9 Å². The van der Waals surface area contributed by atoms with Crippen LogP contribution in [0.1, 0.15) is 65.3 Å². The summed E-state index contributed by atoms with van der Waals surface area (Å²) in [5, 5.41) is 2.70. The van der Waals surface area contributed by atoms with Gasteiger partial charge in [-0.2, -0.15) is 13.2 Å². The number of amides is 2. The average molecular weight is 474 g/mol. The van der Waals surface area contributed by atoms with E-state index in [0.29, 0.717) is 11.3 Å². The molecular formula is C26H30F3N3O2. The minimum atomic E-state index is -4.45. The van der Waals surface area contributed by atoms with Gasteiger partial charge in [0.2, 0.25) is 0 Å². The van der Waals surface area contributed by atoms with Crippen LogP contribution in [0.2, 0.25) is 0 Å². The maximum atomic E-state index is 13.5. The number of halogens is 3. The van der Waals surface area contributed by atoms with Crippen LogP contribution < -0.4 is 5.32 Å². The predicted molar refractivity (Wildman–Crippen MR) is 125 cm³/mol. The number of anilines is 1. The number of benzene rings is 2. The van der Waals surface area contributed by atoms with Gasteiger partial charge >= 0.3 is 6.18 Å². The number of alkyl halides is 3. The number of hydrogen-bond acceptors (Lipinski definition) is 3. The SMILES string of the molecule is CCCN1CCC(N(C(=O)c2cccc(NC(=O)c3ccc(C(F)(F)F)cc3)c2)C2CC2)CC1. The van der Waals surface area contributed by atoms with E-state index in [1.807, 2.05) is 4.90 Å². The van der Waals surface area contributed by atoms with E-state index in [9.17, 15) is 22.8 Å². The molecule has 2 aromatic carbocycles. The number of piperidine rings is 1. The second-order valence-corrected chi connectivity index (χ2v) is 9.13. The minimum Gasteiger partial charge on any atom is -0.333 e. The highest BCUT2D eigenvalue weighted by molar-refractivity contribution is 6.05. The lowest BCUT2D eigenvalue weighted by molar-refractivity contribution is -0.137. The zero-order valence-electron chi connectivity index (χ0n) is 19.3. The molecule has 2 fully saturated rings. The second kappa shape index (κ2) is 10.2. The van der Waals surface area contributed by atoms with Gasteiger partial charge in [-0.3, -0.25) is 9.59 Å². The first kappa shape index (κ1) is 24.3. The Morgan fingerprint density at radius 3 is 2.21 bits per heavy atom. The van der Waals surface area contributed by atoms with E-state index in [1.165, 1.54) is 0 Å². The Balaban J connectivity index is 1.44. The van der Waals surface area contributed by atoms with E-state index in [1.54, 1.807) is 24.3 Å². The molecule has 1 saturated heterocycles. The van der Waals surface area contributed by atoms with Gasteiger partial charge in [-0.05, 0) is 81.1 Å². The molecule has 1 N–H and O–H groups in total. The maximum Gasteiger partial charge on any atom is 0.416 e. The lowest BCUT2D eigenvalue weighted by Crippen LogP contribution is -2.48. The summed E-state index contributed by atoms with van der Waals surface area (Å²) in [5.41, 5.74) is 0.248. The van der Waals surface area contributed by atoms with Crippen LogP contribution >= 0.6 is 0 Å². The van der Waals surface area contributed by atoms with Gasteiger partial charge < -0.3 is 15.1 Å². The highest BCUT2D eigenvalue weighted by Crippen LogP contribution is 2.34. The molecule has 2 aliphatic rings. The van der Waals surface area contributed by atoms with E-state index in [2.05, 4.69) is 17.1 Å². The van der Waals surface area contributed by atoms with Crippen LogP contribution in [0.3, 0.4) is 0 Å². The lowest BCUT2D eigenvalue weighted by atomic mass is 10.0. The summed E-state index contributed by atoms with van der Waals surface area (Å²) in [6.45, 7) is 5.26. The first-order valence-corrected chi connectivity index (χ1v) is 11.9. The van der Waals surface area contributed by atoms with Gasteiger partial charge in [0.05, 0.1) is 5.56 Å². The normalized spacial score (nSPS) is 17.4. The average Bonchev–Trinajstić information content (AvgIpc) is 3.65. The molecule has 0 unspecified atom stereocenters. The number of nitrogens with zero attached hydrogens (tertiary/aromatic N) is 2. The second-order valence-electron chi connectivity index (χ2n) is 9.13. The van der Waals surface area contributed by atoms with Gasteiger partial charge in [-0.25, -0.2) is 0 Å². The Hall–Kier alpha value is -2.87. The largest absolute Gasteiger partial charge is 0.416 e. The fourth-order valence-corrected chi connectivity index (χ4v) is 4.61. The molecular weight excluding hydrogens is 443 g/mol. The van der Waals surface area contributed by atoms with E-state index in [0.717, 1.165) is 76.0 Å². The minimum absolute atomic E-state index is 0.0259. The molecule has 34 heavy (non-hydrogen) atoms. The molecule has 1 aliphatic carbocycles. The van der Waals surface area contributed by atoms with Gasteiger partial charge in [0.25, 0.3) is 11.8 Å². The van der Waals surface area contributed by atoms with E-state index < -0.39 is 17.6 Å². The first-order chi connectivity index (χ1) is 16.3. The van der Waals surface area contributed by atoms with E-state index >= 15 is 0 Å². The Morgan fingerprint density at radius 2 is 1.62 bits per heavy atom. The third kappa shape index (κ3) is 5.78. The van der Waals surface area contributed by atoms with Crippen molar-refractivity contribution in [1.29, 1.82) is 0 Å². The Morgan fingerprint density at radius 1 is 0.971 bits per heavy atom. The Bertz CT molecular complexity index is 1010. The monoisotopic (exact) mass is 473 g/mol. The molecule has 2 aromatic rings. The zero-order valence-corrected chi connectivity index (χ0v) is 19.3. The molecule has 1 aliphatic heterocycles. The van der Waals surface area contributed by atoms with Crippen LogP contribution in [0.25, 0.3) is 0 Å². The smallest absolute Gasteiger partial charge is 0.333 e. The molecule has 182 valence electrons. The predicted octanol–water partition coefficient (Wildman–Crippen LogP) is 5.44. The van der Waals surface area contributed by atoms with Crippen LogP contribution in [0.15, 0.2) is 48.5 Å². The van der Waals surface area contributed by atoms with Crippen LogP contribution in [-0.2, 0) is 6.18 Å². The molecule has 0 atom stereocenters. The van der Waals surface area contributed by atoms with Crippen molar-refractivity contribution in [1.82, 2.24) is 9.80 Å². The fourth-order valence-electron chi connectivity index (χ4n) is 4.61. The zero-order chi connectivity index (χ0) is 24.3. The van der Waals surface area contributed by atoms with Crippen molar-refractivity contribution in [2.45, 2.75) is 57.3 Å². The maximum absolute atomic E-state index is 13.5. The molecule has 1 saturated carbocycles. The Labute approximate surface area is 197 Å². The van der Waals surface area contributed by atoms with Crippen molar-refractivity contribution in [3.05, 3.63) is 65.2 Å². The van der Waals surface area contributed by atoms with Crippen molar-refractivity contribution in [3.63, 3.8) is 0 Å². The Kier molecular flexibility index (Phi) is 7.26. The van der Waals surface area contributed by atoms with Crippen molar-refractivity contribution >= 4 is 17.5 Å². The highest BCUT2D eigenvalue weighted by Gasteiger charge is 2.39. The summed E-state index contributed by atoms with van der Waals surface area (Å²) >= 11 is 0. The van der Waals surface area contributed by atoms with Crippen LogP contribution in [0.5, 0.6) is 0 Å². The van der Waals surface area contributed by atoms with Crippen molar-refractivity contribution in [3.8, 4) is 0 Å². The topological polar surface area (TPSA) is 52.6 Å². The molecule has 0 bridgehead atoms. The van der Waals surface area contributed by atoms with Crippen molar-refractivity contribution in [2.24, 2.45) is 0 Å². The van der Waals surface area contributed by atoms with Crippen molar-refractivity contribution < 1.29 is 22.8 Å². The van der Waals surface area contributed by atoms with Gasteiger partial charge in [0, 0.05) is 42.0 Å². The summed E-state index contributed by atoms with van der Waals surface area (Å²) < 4.78 is 38.3.